The number of rotatable bonds is 0. The maximum absolute atomic E-state index is 8.60. The van der Waals surface area contributed by atoms with Gasteiger partial charge in [0.05, 0.1) is 0 Å². The van der Waals surface area contributed by atoms with Gasteiger partial charge in [-0.1, -0.05) is 0 Å². The minimum absolute atomic E-state index is 0. The van der Waals surface area contributed by atoms with E-state index in [0.717, 1.165) is 0 Å². The summed E-state index contributed by atoms with van der Waals surface area (Å²) >= 11 is -8.40. The van der Waals surface area contributed by atoms with Crippen molar-refractivity contribution >= 4 is 0 Å². The van der Waals surface area contributed by atoms with Crippen LogP contribution in [0.2, 0.25) is 0 Å². The van der Waals surface area contributed by atoms with Crippen LogP contribution in [0.1, 0.15) is 0 Å². The molecular weight excluding hydrogens is 406 g/mol. The summed E-state index contributed by atoms with van der Waals surface area (Å²) in [6.45, 7) is 0. The maximum atomic E-state index is 8.60. The molecule has 0 unspecified atom stereocenters. The Morgan fingerprint density at radius 2 is 0.800 bits per heavy atom. The van der Waals surface area contributed by atoms with Gasteiger partial charge < -0.3 is 0 Å². The van der Waals surface area contributed by atoms with E-state index in [1.54, 1.807) is 0 Å². The summed E-state index contributed by atoms with van der Waals surface area (Å²) in [5.41, 5.74) is 0. The minimum atomic E-state index is -4.20. The van der Waals surface area contributed by atoms with Crippen LogP contribution in [0.4, 0.5) is 0 Å². The Kier molecular flexibility index (Phi) is 44.4. The average Bonchev–Trinajstić information content (AvgIpc) is 1.25. The molecule has 0 rings (SSSR count). The first-order valence-electron chi connectivity index (χ1n) is 1.10. The Hall–Kier alpha value is 4.04. The van der Waals surface area contributed by atoms with Crippen molar-refractivity contribution in [1.82, 2.24) is 0 Å². The van der Waals surface area contributed by atoms with Crippen LogP contribution in [0.5, 0.6) is 0 Å². The molecule has 0 spiro atoms. The summed E-state index contributed by atoms with van der Waals surface area (Å²) in [6.07, 6.45) is 0. The van der Waals surface area contributed by atoms with Crippen LogP contribution >= 0.6 is 0 Å². The van der Waals surface area contributed by atoms with Crippen molar-refractivity contribution in [2.45, 2.75) is 0 Å². The van der Waals surface area contributed by atoms with E-state index in [0.29, 0.717) is 0 Å². The predicted molar refractivity (Wildman–Crippen MR) is 2.75 cm³/mol. The molecule has 0 saturated carbocycles. The summed E-state index contributed by atoms with van der Waals surface area (Å²) in [5.74, 6) is 0. The number of hydrogen-bond acceptors (Lipinski definition) is 6. The summed E-state index contributed by atoms with van der Waals surface area (Å²) in [7, 11) is 0. The molecule has 0 aromatic rings. The van der Waals surface area contributed by atoms with Crippen molar-refractivity contribution in [2.24, 2.45) is 0 Å². The van der Waals surface area contributed by atoms with Crippen molar-refractivity contribution in [3.05, 3.63) is 0 Å². The molecule has 10 heavy (non-hydrogen) atoms. The second kappa shape index (κ2) is 18.8. The Balaban J connectivity index is -0.0000000300. The molecule has 0 radical (unpaired) electrons. The second-order valence-electron chi connectivity index (χ2n) is 0.447. The molecule has 0 fully saturated rings. The molecule has 10 heteroatoms. The second-order valence-corrected chi connectivity index (χ2v) is 2.65. The third-order valence-corrected chi connectivity index (χ3v) is 0. The van der Waals surface area contributed by atoms with Gasteiger partial charge >= 0.3 is 167 Å². The molecule has 0 aromatic heterocycles. The molecule has 0 aliphatic rings. The molecule has 6 nitrogen and oxygen atoms in total. The summed E-state index contributed by atoms with van der Waals surface area (Å²) in [4.78, 5) is 0. The van der Waals surface area contributed by atoms with Gasteiger partial charge in [-0.05, 0) is 0 Å². The van der Waals surface area contributed by atoms with Crippen molar-refractivity contribution in [2.75, 3.05) is 0 Å². The van der Waals surface area contributed by atoms with Gasteiger partial charge in [0, 0.05) is 0 Å². The fourth-order valence-corrected chi connectivity index (χ4v) is 0. The van der Waals surface area contributed by atoms with Gasteiger partial charge in [-0.2, -0.15) is 0 Å². The van der Waals surface area contributed by atoms with E-state index < -0.39 is 37.6 Å². The van der Waals surface area contributed by atoms with E-state index in [2.05, 4.69) is 0 Å². The molecule has 48 valence electrons. The van der Waals surface area contributed by atoms with E-state index in [1.807, 2.05) is 0 Å². The Morgan fingerprint density at radius 3 is 0.800 bits per heavy atom. The quantitative estimate of drug-likeness (QED) is 0.369. The zero-order valence-corrected chi connectivity index (χ0v) is 17.8. The monoisotopic (exact) mass is 406 g/mol. The van der Waals surface area contributed by atoms with Gasteiger partial charge in [0.15, 0.2) is 0 Å². The first-order valence-corrected chi connectivity index (χ1v) is 6.48. The van der Waals surface area contributed by atoms with Crippen molar-refractivity contribution in [3.8, 4) is 0 Å². The predicted octanol–water partition coefficient (Wildman–Crippen LogP) is -8.85. The fourth-order valence-electron chi connectivity index (χ4n) is 0. The third kappa shape index (κ3) is 89.9. The smallest absolute Gasteiger partial charge is 1.00 e. The fraction of sp³-hybridized carbons (Fsp3) is 0. The summed E-state index contributed by atoms with van der Waals surface area (Å²) in [6, 6.07) is 0. The molecule has 0 saturated heterocycles. The largest absolute Gasteiger partial charge is 1.00 e. The van der Waals surface area contributed by atoms with Crippen LogP contribution in [0.3, 0.4) is 0 Å². The van der Waals surface area contributed by atoms with Gasteiger partial charge in [-0.25, -0.2) is 0 Å². The van der Waals surface area contributed by atoms with Gasteiger partial charge in [0.25, 0.3) is 0 Å². The van der Waals surface area contributed by atoms with Gasteiger partial charge in [-0.15, -0.1) is 0 Å². The molecule has 0 amide bonds. The van der Waals surface area contributed by atoms with E-state index in [-0.39, 0.29) is 110 Å². The van der Waals surface area contributed by atoms with E-state index >= 15 is 0 Å². The molecule has 0 heterocycles. The Bertz CT molecular complexity index is 133. The van der Waals surface area contributed by atoms with Crippen LogP contribution in [0.25, 0.3) is 0 Å². The standard InChI is InChI=1S/K.2Nb.6O.Rb/q+1;;;;;;;2*-1;+1. The molecule has 0 N–H and O–H groups in total. The number of hydrogen-bond donors (Lipinski definition) is 0. The van der Waals surface area contributed by atoms with Crippen molar-refractivity contribution in [1.29, 1.82) is 0 Å². The summed E-state index contributed by atoms with van der Waals surface area (Å²) < 4.78 is 51.6. The third-order valence-electron chi connectivity index (χ3n) is 0. The van der Waals surface area contributed by atoms with Crippen molar-refractivity contribution in [3.63, 3.8) is 0 Å². The van der Waals surface area contributed by atoms with Gasteiger partial charge in [0.1, 0.15) is 0 Å². The topological polar surface area (TPSA) is 114 Å². The zero-order valence-electron chi connectivity index (χ0n) is 5.34. The summed E-state index contributed by atoms with van der Waals surface area (Å²) in [5, 5.41) is 0. The van der Waals surface area contributed by atoms with E-state index in [4.69, 9.17) is 20.2 Å². The van der Waals surface area contributed by atoms with E-state index in [9.17, 15) is 0 Å². The van der Waals surface area contributed by atoms with Crippen LogP contribution in [0, 0.1) is 0 Å². The minimum Gasteiger partial charge on any atom is 1.00 e. The molecule has 0 aromatic carbocycles. The average molecular weight is 406 g/mol. The van der Waals surface area contributed by atoms with Crippen LogP contribution in [-0.4, -0.2) is 0 Å². The normalized spacial score (nSPS) is 5.00. The molecular formula is KNb2O6Rb. The molecule has 0 aliphatic carbocycles. The molecule has 0 aliphatic heterocycles. The Morgan fingerprint density at radius 1 is 0.800 bits per heavy atom. The van der Waals surface area contributed by atoms with Crippen LogP contribution in [-0.2, 0) is 50.6 Å². The zero-order chi connectivity index (χ0) is 7.15. The van der Waals surface area contributed by atoms with Gasteiger partial charge in [0.2, 0.25) is 0 Å². The van der Waals surface area contributed by atoms with Crippen LogP contribution < -0.4 is 117 Å². The van der Waals surface area contributed by atoms with Gasteiger partial charge in [-0.3, -0.25) is 0 Å². The van der Waals surface area contributed by atoms with E-state index in [1.165, 1.54) is 0 Å². The first-order chi connectivity index (χ1) is 3.46. The Labute approximate surface area is 162 Å². The molecule has 0 atom stereocenters. The first kappa shape index (κ1) is 23.7. The molecule has 0 bridgehead atoms. The maximum Gasteiger partial charge on any atom is 1.00 e. The van der Waals surface area contributed by atoms with Crippen molar-refractivity contribution < 1.29 is 167 Å². The van der Waals surface area contributed by atoms with Crippen LogP contribution in [0.15, 0.2) is 0 Å². The SMILES string of the molecule is [K+].[O]=[Nb](=[O])[O-].[O]=[Nb](=[O])[O-].[Rb+].